The summed E-state index contributed by atoms with van der Waals surface area (Å²) in [4.78, 5) is 0. The van der Waals surface area contributed by atoms with Gasteiger partial charge in [-0.15, -0.1) is 0 Å². The Morgan fingerprint density at radius 1 is 1.30 bits per heavy atom. The number of hydrogen-bond donors (Lipinski definition) is 3. The third-order valence-electron chi connectivity index (χ3n) is 2.74. The molecule has 0 saturated carbocycles. The van der Waals surface area contributed by atoms with Gasteiger partial charge in [0, 0.05) is 27.3 Å². The zero-order valence-corrected chi connectivity index (χ0v) is 12.8. The van der Waals surface area contributed by atoms with Gasteiger partial charge in [0.1, 0.15) is 0 Å². The van der Waals surface area contributed by atoms with E-state index in [9.17, 15) is 0 Å². The minimum absolute atomic E-state index is 0.0968. The summed E-state index contributed by atoms with van der Waals surface area (Å²) in [6.07, 6.45) is 0. The molecular formula is C14H13BrClN3O. The molecular weight excluding hydrogens is 342 g/mol. The molecule has 4 nitrogen and oxygen atoms in total. The number of anilines is 1. The van der Waals surface area contributed by atoms with Crippen molar-refractivity contribution < 1.29 is 5.21 Å². The van der Waals surface area contributed by atoms with Crippen LogP contribution in [0.3, 0.4) is 0 Å². The number of amidine groups is 1. The number of rotatable bonds is 4. The van der Waals surface area contributed by atoms with Crippen LogP contribution in [0.4, 0.5) is 5.69 Å². The summed E-state index contributed by atoms with van der Waals surface area (Å²) in [7, 11) is 0. The molecule has 0 aliphatic heterocycles. The first-order valence-electron chi connectivity index (χ1n) is 5.86. The maximum atomic E-state index is 8.68. The van der Waals surface area contributed by atoms with Crippen molar-refractivity contribution in [2.45, 2.75) is 6.54 Å². The molecule has 0 aliphatic rings. The topological polar surface area (TPSA) is 70.6 Å². The second-order valence-electron chi connectivity index (χ2n) is 4.16. The van der Waals surface area contributed by atoms with Crippen LogP contribution in [0.1, 0.15) is 11.1 Å². The first-order chi connectivity index (χ1) is 9.60. The molecule has 0 spiro atoms. The highest BCUT2D eigenvalue weighted by molar-refractivity contribution is 9.10. The number of halogens is 2. The van der Waals surface area contributed by atoms with Crippen molar-refractivity contribution in [3.05, 3.63) is 63.1 Å². The molecule has 104 valence electrons. The van der Waals surface area contributed by atoms with Crippen LogP contribution >= 0.6 is 27.5 Å². The van der Waals surface area contributed by atoms with E-state index in [0.29, 0.717) is 17.1 Å². The Balaban J connectivity index is 2.11. The molecule has 6 heteroatoms. The lowest BCUT2D eigenvalue weighted by Gasteiger charge is -2.10. The molecule has 0 atom stereocenters. The van der Waals surface area contributed by atoms with Crippen LogP contribution in [0.25, 0.3) is 0 Å². The number of nitrogens with one attached hydrogen (secondary N) is 1. The average Bonchev–Trinajstić information content (AvgIpc) is 2.46. The molecule has 2 rings (SSSR count). The quantitative estimate of drug-likeness (QED) is 0.338. The predicted octanol–water partition coefficient (Wildman–Crippen LogP) is 3.81. The fourth-order valence-electron chi connectivity index (χ4n) is 1.73. The second kappa shape index (κ2) is 6.63. The van der Waals surface area contributed by atoms with E-state index in [1.54, 1.807) is 6.07 Å². The molecule has 4 N–H and O–H groups in total. The molecule has 0 aromatic heterocycles. The first kappa shape index (κ1) is 14.7. The summed E-state index contributed by atoms with van der Waals surface area (Å²) < 4.78 is 0.901. The van der Waals surface area contributed by atoms with E-state index < -0.39 is 0 Å². The normalized spacial score (nSPS) is 11.4. The summed E-state index contributed by atoms with van der Waals surface area (Å²) in [5.41, 5.74) is 8.22. The number of benzene rings is 2. The van der Waals surface area contributed by atoms with Gasteiger partial charge in [-0.05, 0) is 45.8 Å². The standard InChI is InChI=1S/C14H13BrClN3O/c15-12-7-11(16)4-5-13(12)18-8-9-2-1-3-10(6-9)14(17)19-20/h1-7,18,20H,8H2,(H2,17,19). The van der Waals surface area contributed by atoms with E-state index in [4.69, 9.17) is 22.5 Å². The van der Waals surface area contributed by atoms with Crippen molar-refractivity contribution in [3.8, 4) is 0 Å². The Bertz CT molecular complexity index is 646. The lowest BCUT2D eigenvalue weighted by molar-refractivity contribution is 0.318. The minimum Gasteiger partial charge on any atom is -0.409 e. The SMILES string of the molecule is N/C(=N/O)c1cccc(CNc2ccc(Cl)cc2Br)c1. The van der Waals surface area contributed by atoms with Crippen molar-refractivity contribution in [2.75, 3.05) is 5.32 Å². The second-order valence-corrected chi connectivity index (χ2v) is 5.45. The molecule has 0 unspecified atom stereocenters. The molecule has 0 radical (unpaired) electrons. The van der Waals surface area contributed by atoms with Crippen molar-refractivity contribution in [1.82, 2.24) is 0 Å². The van der Waals surface area contributed by atoms with Gasteiger partial charge in [-0.3, -0.25) is 0 Å². The fraction of sp³-hybridized carbons (Fsp3) is 0.0714. The molecule has 2 aromatic carbocycles. The zero-order chi connectivity index (χ0) is 14.5. The van der Waals surface area contributed by atoms with Gasteiger partial charge in [0.25, 0.3) is 0 Å². The molecule has 0 amide bonds. The van der Waals surface area contributed by atoms with Gasteiger partial charge < -0.3 is 16.3 Å². The third-order valence-corrected chi connectivity index (χ3v) is 3.64. The Hall–Kier alpha value is -1.72. The summed E-state index contributed by atoms with van der Waals surface area (Å²) in [6, 6.07) is 13.0. The number of oxime groups is 1. The van der Waals surface area contributed by atoms with E-state index in [0.717, 1.165) is 15.7 Å². The molecule has 2 aromatic rings. The number of nitrogens with zero attached hydrogens (tertiary/aromatic N) is 1. The van der Waals surface area contributed by atoms with Gasteiger partial charge in [-0.1, -0.05) is 35.0 Å². The molecule has 20 heavy (non-hydrogen) atoms. The Morgan fingerprint density at radius 2 is 2.10 bits per heavy atom. The van der Waals surface area contributed by atoms with Gasteiger partial charge in [0.2, 0.25) is 0 Å². The minimum atomic E-state index is 0.0968. The fourth-order valence-corrected chi connectivity index (χ4v) is 2.55. The third kappa shape index (κ3) is 3.65. The Labute approximate surface area is 130 Å². The maximum Gasteiger partial charge on any atom is 0.170 e. The van der Waals surface area contributed by atoms with Crippen LogP contribution in [0, 0.1) is 0 Å². The Morgan fingerprint density at radius 3 is 2.80 bits per heavy atom. The van der Waals surface area contributed by atoms with Gasteiger partial charge in [-0.25, -0.2) is 0 Å². The average molecular weight is 355 g/mol. The highest BCUT2D eigenvalue weighted by atomic mass is 79.9. The van der Waals surface area contributed by atoms with Crippen LogP contribution in [-0.2, 0) is 6.54 Å². The number of nitrogens with two attached hydrogens (primary N) is 1. The highest BCUT2D eigenvalue weighted by Crippen LogP contribution is 2.26. The maximum absolute atomic E-state index is 8.68. The van der Waals surface area contributed by atoms with Crippen LogP contribution < -0.4 is 11.1 Å². The van der Waals surface area contributed by atoms with Gasteiger partial charge in [0.05, 0.1) is 0 Å². The molecule has 0 aliphatic carbocycles. The van der Waals surface area contributed by atoms with Gasteiger partial charge >= 0.3 is 0 Å². The lowest BCUT2D eigenvalue weighted by Crippen LogP contribution is -2.13. The zero-order valence-electron chi connectivity index (χ0n) is 10.5. The summed E-state index contributed by atoms with van der Waals surface area (Å²) in [5, 5.41) is 15.6. The van der Waals surface area contributed by atoms with Crippen LogP contribution in [0.2, 0.25) is 5.02 Å². The van der Waals surface area contributed by atoms with Crippen molar-refractivity contribution in [3.63, 3.8) is 0 Å². The molecule has 0 bridgehead atoms. The van der Waals surface area contributed by atoms with E-state index in [1.807, 2.05) is 36.4 Å². The van der Waals surface area contributed by atoms with Gasteiger partial charge in [-0.2, -0.15) is 0 Å². The highest BCUT2D eigenvalue weighted by Gasteiger charge is 2.03. The molecule has 0 saturated heterocycles. The Kier molecular flexibility index (Phi) is 4.87. The smallest absolute Gasteiger partial charge is 0.170 e. The summed E-state index contributed by atoms with van der Waals surface area (Å²) >= 11 is 9.35. The number of hydrogen-bond acceptors (Lipinski definition) is 3. The van der Waals surface area contributed by atoms with E-state index in [2.05, 4.69) is 26.4 Å². The summed E-state index contributed by atoms with van der Waals surface area (Å²) in [5.74, 6) is 0.0968. The predicted molar refractivity (Wildman–Crippen MR) is 85.4 cm³/mol. The van der Waals surface area contributed by atoms with Crippen molar-refractivity contribution >= 4 is 39.1 Å². The molecule has 0 fully saturated rings. The largest absolute Gasteiger partial charge is 0.409 e. The monoisotopic (exact) mass is 353 g/mol. The van der Waals surface area contributed by atoms with Crippen molar-refractivity contribution in [1.29, 1.82) is 0 Å². The van der Waals surface area contributed by atoms with E-state index >= 15 is 0 Å². The van der Waals surface area contributed by atoms with Crippen LogP contribution in [0.15, 0.2) is 52.1 Å². The lowest BCUT2D eigenvalue weighted by atomic mass is 10.1. The molecule has 0 heterocycles. The first-order valence-corrected chi connectivity index (χ1v) is 7.03. The van der Waals surface area contributed by atoms with Crippen LogP contribution in [0.5, 0.6) is 0 Å². The summed E-state index contributed by atoms with van der Waals surface area (Å²) in [6.45, 7) is 0.618. The van der Waals surface area contributed by atoms with E-state index in [-0.39, 0.29) is 5.84 Å². The van der Waals surface area contributed by atoms with Crippen LogP contribution in [-0.4, -0.2) is 11.0 Å². The van der Waals surface area contributed by atoms with Crippen molar-refractivity contribution in [2.24, 2.45) is 10.9 Å². The van der Waals surface area contributed by atoms with Gasteiger partial charge in [0.15, 0.2) is 5.84 Å². The van der Waals surface area contributed by atoms with E-state index in [1.165, 1.54) is 0 Å².